The number of nitrogens with zero attached hydrogens (tertiary/aromatic N) is 6. The first-order chi connectivity index (χ1) is 15.5. The van der Waals surface area contributed by atoms with E-state index >= 15 is 0 Å². The number of aromatic nitrogens is 5. The lowest BCUT2D eigenvalue weighted by Gasteiger charge is -2.38. The van der Waals surface area contributed by atoms with Crippen LogP contribution in [0.2, 0.25) is 0 Å². The van der Waals surface area contributed by atoms with Crippen LogP contribution in [0.5, 0.6) is 5.75 Å². The van der Waals surface area contributed by atoms with Gasteiger partial charge in [0.15, 0.2) is 11.3 Å². The molecule has 1 aliphatic heterocycles. The molecular weight excluding hydrogens is 454 g/mol. The predicted molar refractivity (Wildman–Crippen MR) is 106 cm³/mol. The number of hydrogen-bond acceptors (Lipinski definition) is 6. The third-order valence-electron chi connectivity index (χ3n) is 5.45. The van der Waals surface area contributed by atoms with Gasteiger partial charge < -0.3 is 9.64 Å². The average molecular weight is 474 g/mol. The van der Waals surface area contributed by atoms with E-state index < -0.39 is 24.6 Å². The molecule has 4 heterocycles. The number of ether oxygens (including phenoxy) is 1. The van der Waals surface area contributed by atoms with Crippen molar-refractivity contribution >= 4 is 17.0 Å². The Morgan fingerprint density at radius 1 is 1.09 bits per heavy atom. The SMILES string of the molecule is CC1CCC(COc2cccnc2C(F)(F)F)CN1c1cnc2cnn(CC(F)(F)F)c2n1. The molecule has 13 heteroatoms. The molecule has 2 atom stereocenters. The van der Waals surface area contributed by atoms with Crippen molar-refractivity contribution in [1.82, 2.24) is 24.7 Å². The van der Waals surface area contributed by atoms with Gasteiger partial charge in [0.25, 0.3) is 0 Å². The molecule has 0 aliphatic carbocycles. The predicted octanol–water partition coefficient (Wildman–Crippen LogP) is 4.49. The van der Waals surface area contributed by atoms with E-state index in [0.29, 0.717) is 25.2 Å². The molecule has 33 heavy (non-hydrogen) atoms. The van der Waals surface area contributed by atoms with Gasteiger partial charge in [-0.25, -0.2) is 19.6 Å². The van der Waals surface area contributed by atoms with Gasteiger partial charge in [0.2, 0.25) is 0 Å². The highest BCUT2D eigenvalue weighted by Gasteiger charge is 2.37. The van der Waals surface area contributed by atoms with E-state index in [2.05, 4.69) is 20.1 Å². The van der Waals surface area contributed by atoms with E-state index in [0.717, 1.165) is 10.9 Å². The Hall–Kier alpha value is -3.12. The third-order valence-corrected chi connectivity index (χ3v) is 5.45. The highest BCUT2D eigenvalue weighted by Crippen LogP contribution is 2.35. The number of alkyl halides is 6. The molecule has 1 aliphatic rings. The van der Waals surface area contributed by atoms with E-state index in [4.69, 9.17) is 4.74 Å². The minimum atomic E-state index is -4.63. The van der Waals surface area contributed by atoms with Crippen molar-refractivity contribution in [3.8, 4) is 5.75 Å². The highest BCUT2D eigenvalue weighted by atomic mass is 19.4. The van der Waals surface area contributed by atoms with Crippen molar-refractivity contribution in [3.05, 3.63) is 36.4 Å². The second-order valence-electron chi connectivity index (χ2n) is 7.96. The molecule has 4 rings (SSSR count). The molecular formula is C20H20F6N6O. The van der Waals surface area contributed by atoms with Gasteiger partial charge in [-0.15, -0.1) is 0 Å². The third kappa shape index (κ3) is 5.28. The van der Waals surface area contributed by atoms with Gasteiger partial charge in [-0.2, -0.15) is 31.4 Å². The molecule has 3 aromatic heterocycles. The van der Waals surface area contributed by atoms with E-state index in [1.807, 2.05) is 11.8 Å². The van der Waals surface area contributed by atoms with Gasteiger partial charge in [0.1, 0.15) is 23.6 Å². The van der Waals surface area contributed by atoms with E-state index in [1.165, 1.54) is 24.5 Å². The fraction of sp³-hybridized carbons (Fsp3) is 0.500. The summed E-state index contributed by atoms with van der Waals surface area (Å²) in [6, 6.07) is 2.60. The first-order valence-electron chi connectivity index (χ1n) is 10.2. The number of anilines is 1. The van der Waals surface area contributed by atoms with Crippen molar-refractivity contribution in [1.29, 1.82) is 0 Å². The van der Waals surface area contributed by atoms with Gasteiger partial charge in [0.05, 0.1) is 19.0 Å². The Labute approximate surface area is 184 Å². The first kappa shape index (κ1) is 23.1. The van der Waals surface area contributed by atoms with E-state index in [-0.39, 0.29) is 35.5 Å². The molecule has 1 fully saturated rings. The zero-order valence-electron chi connectivity index (χ0n) is 17.4. The zero-order chi connectivity index (χ0) is 23.8. The van der Waals surface area contributed by atoms with Crippen LogP contribution in [0.1, 0.15) is 25.5 Å². The maximum Gasteiger partial charge on any atom is 0.437 e. The largest absolute Gasteiger partial charge is 0.491 e. The molecule has 0 saturated carbocycles. The topological polar surface area (TPSA) is 69.0 Å². The number of piperidine rings is 1. The van der Waals surface area contributed by atoms with Crippen molar-refractivity contribution in [2.75, 3.05) is 18.1 Å². The second kappa shape index (κ2) is 8.67. The Kier molecular flexibility index (Phi) is 6.06. The summed E-state index contributed by atoms with van der Waals surface area (Å²) < 4.78 is 84.1. The van der Waals surface area contributed by atoms with Crippen LogP contribution in [0.15, 0.2) is 30.7 Å². The quantitative estimate of drug-likeness (QED) is 0.508. The summed E-state index contributed by atoms with van der Waals surface area (Å²) >= 11 is 0. The van der Waals surface area contributed by atoms with Crippen LogP contribution in [0.25, 0.3) is 11.2 Å². The van der Waals surface area contributed by atoms with Crippen LogP contribution in [-0.2, 0) is 12.7 Å². The number of pyridine rings is 1. The van der Waals surface area contributed by atoms with Crippen LogP contribution >= 0.6 is 0 Å². The summed E-state index contributed by atoms with van der Waals surface area (Å²) in [6.45, 7) is 1.09. The Morgan fingerprint density at radius 2 is 1.88 bits per heavy atom. The number of hydrogen-bond donors (Lipinski definition) is 0. The molecule has 1 saturated heterocycles. The fourth-order valence-electron chi connectivity index (χ4n) is 3.83. The lowest BCUT2D eigenvalue weighted by Crippen LogP contribution is -2.44. The van der Waals surface area contributed by atoms with Gasteiger partial charge in [-0.1, -0.05) is 0 Å². The molecule has 2 unspecified atom stereocenters. The molecule has 3 aromatic rings. The Morgan fingerprint density at radius 3 is 2.61 bits per heavy atom. The van der Waals surface area contributed by atoms with Crippen LogP contribution in [0.3, 0.4) is 0 Å². The van der Waals surface area contributed by atoms with Gasteiger partial charge >= 0.3 is 12.4 Å². The van der Waals surface area contributed by atoms with Gasteiger partial charge in [-0.3, -0.25) is 0 Å². The number of fused-ring (bicyclic) bond motifs is 1. The Bertz CT molecular complexity index is 1110. The van der Waals surface area contributed by atoms with Crippen molar-refractivity contribution in [2.24, 2.45) is 5.92 Å². The highest BCUT2D eigenvalue weighted by molar-refractivity contribution is 5.71. The van der Waals surface area contributed by atoms with E-state index in [9.17, 15) is 26.3 Å². The summed E-state index contributed by atoms with van der Waals surface area (Å²) in [7, 11) is 0. The molecule has 0 radical (unpaired) electrons. The van der Waals surface area contributed by atoms with Crippen molar-refractivity contribution in [3.63, 3.8) is 0 Å². The maximum absolute atomic E-state index is 13.1. The minimum absolute atomic E-state index is 0.0103. The van der Waals surface area contributed by atoms with Crippen molar-refractivity contribution < 1.29 is 31.1 Å². The smallest absolute Gasteiger partial charge is 0.437 e. The number of rotatable bonds is 5. The molecule has 0 amide bonds. The lowest BCUT2D eigenvalue weighted by atomic mass is 9.94. The first-order valence-corrected chi connectivity index (χ1v) is 10.2. The fourth-order valence-corrected chi connectivity index (χ4v) is 3.83. The summed E-state index contributed by atoms with van der Waals surface area (Å²) in [5.74, 6) is -0.0894. The van der Waals surface area contributed by atoms with Gasteiger partial charge in [-0.05, 0) is 31.9 Å². The van der Waals surface area contributed by atoms with Crippen LogP contribution in [0, 0.1) is 5.92 Å². The molecule has 0 bridgehead atoms. The summed E-state index contributed by atoms with van der Waals surface area (Å²) in [4.78, 5) is 13.8. The second-order valence-corrected chi connectivity index (χ2v) is 7.96. The molecule has 178 valence electrons. The summed E-state index contributed by atoms with van der Waals surface area (Å²) in [6.07, 6.45) is -3.94. The normalized spacial score (nSPS) is 19.8. The van der Waals surface area contributed by atoms with Gasteiger partial charge in [0, 0.05) is 24.7 Å². The summed E-state index contributed by atoms with van der Waals surface area (Å²) in [5, 5.41) is 3.73. The van der Waals surface area contributed by atoms with Crippen LogP contribution in [0.4, 0.5) is 32.2 Å². The molecule has 0 spiro atoms. The summed E-state index contributed by atoms with van der Waals surface area (Å²) in [5.41, 5.74) is -0.829. The van der Waals surface area contributed by atoms with Crippen LogP contribution < -0.4 is 9.64 Å². The monoisotopic (exact) mass is 474 g/mol. The zero-order valence-corrected chi connectivity index (χ0v) is 17.4. The van der Waals surface area contributed by atoms with E-state index in [1.54, 1.807) is 0 Å². The molecule has 7 nitrogen and oxygen atoms in total. The minimum Gasteiger partial charge on any atom is -0.491 e. The van der Waals surface area contributed by atoms with Crippen LogP contribution in [-0.4, -0.2) is 50.1 Å². The molecule has 0 aromatic carbocycles. The standard InChI is InChI=1S/C20H20F6N6O/c1-12-4-5-13(10-33-15-3-2-6-27-17(15)20(24,25)26)9-31(12)16-8-28-14-7-29-32(18(14)30-16)11-19(21,22)23/h2-3,6-8,12-13H,4-5,9-11H2,1H3. The van der Waals surface area contributed by atoms with Crippen molar-refractivity contribution in [2.45, 2.75) is 44.7 Å². The number of halogens is 6. The average Bonchev–Trinajstić information content (AvgIpc) is 3.13. The molecule has 0 N–H and O–H groups in total. The maximum atomic E-state index is 13.1. The Balaban J connectivity index is 1.50. The lowest BCUT2D eigenvalue weighted by molar-refractivity contribution is -0.143.